The van der Waals surface area contributed by atoms with Gasteiger partial charge in [-0.15, -0.1) is 0 Å². The molecule has 0 aliphatic heterocycles. The van der Waals surface area contributed by atoms with Crippen LogP contribution in [-0.4, -0.2) is 12.0 Å². The van der Waals surface area contributed by atoms with Gasteiger partial charge in [0.15, 0.2) is 6.10 Å². The van der Waals surface area contributed by atoms with E-state index in [0.29, 0.717) is 16.5 Å². The van der Waals surface area contributed by atoms with Crippen LogP contribution in [0, 0.1) is 5.82 Å². The van der Waals surface area contributed by atoms with Gasteiger partial charge in [-0.1, -0.05) is 48.0 Å². The molecule has 1 atom stereocenters. The van der Waals surface area contributed by atoms with Gasteiger partial charge in [-0.2, -0.15) is 0 Å². The molecule has 3 aromatic rings. The molecule has 0 fully saturated rings. The number of amides is 1. The van der Waals surface area contributed by atoms with Crippen molar-refractivity contribution in [2.75, 3.05) is 5.32 Å². The molecule has 0 heterocycles. The zero-order valence-corrected chi connectivity index (χ0v) is 14.8. The van der Waals surface area contributed by atoms with Crippen LogP contribution in [0.15, 0.2) is 72.8 Å². The number of hydrogen-bond acceptors (Lipinski definition) is 2. The standard InChI is InChI=1S/C21H17ClFNO2/c1-14(21(25)24-18-10-8-17(23)9-11-18)26-20-12-7-16(13-19(20)22)15-5-3-2-4-6-15/h2-14H,1H3,(H,24,25)/t14-/m1/s1. The van der Waals surface area contributed by atoms with Crippen molar-refractivity contribution < 1.29 is 13.9 Å². The van der Waals surface area contributed by atoms with Crippen LogP contribution in [0.1, 0.15) is 6.92 Å². The molecule has 0 bridgehead atoms. The number of benzene rings is 3. The van der Waals surface area contributed by atoms with E-state index in [0.717, 1.165) is 11.1 Å². The van der Waals surface area contributed by atoms with Crippen LogP contribution in [0.3, 0.4) is 0 Å². The first-order valence-corrected chi connectivity index (χ1v) is 8.49. The summed E-state index contributed by atoms with van der Waals surface area (Å²) in [6.45, 7) is 1.63. The predicted molar refractivity (Wildman–Crippen MR) is 102 cm³/mol. The molecule has 3 aromatic carbocycles. The van der Waals surface area contributed by atoms with Crippen molar-refractivity contribution in [2.45, 2.75) is 13.0 Å². The van der Waals surface area contributed by atoms with Crippen molar-refractivity contribution in [3.8, 4) is 16.9 Å². The van der Waals surface area contributed by atoms with E-state index in [1.807, 2.05) is 36.4 Å². The molecule has 0 spiro atoms. The van der Waals surface area contributed by atoms with E-state index >= 15 is 0 Å². The van der Waals surface area contributed by atoms with Crippen molar-refractivity contribution in [2.24, 2.45) is 0 Å². The third kappa shape index (κ3) is 4.41. The molecule has 5 heteroatoms. The zero-order valence-electron chi connectivity index (χ0n) is 14.1. The van der Waals surface area contributed by atoms with Crippen LogP contribution in [0.25, 0.3) is 11.1 Å². The second-order valence-electron chi connectivity index (χ2n) is 5.77. The highest BCUT2D eigenvalue weighted by atomic mass is 35.5. The lowest BCUT2D eigenvalue weighted by Gasteiger charge is -2.16. The van der Waals surface area contributed by atoms with Crippen molar-refractivity contribution in [3.05, 3.63) is 83.6 Å². The molecule has 132 valence electrons. The van der Waals surface area contributed by atoms with E-state index < -0.39 is 6.10 Å². The highest BCUT2D eigenvalue weighted by Gasteiger charge is 2.16. The maximum absolute atomic E-state index is 12.9. The van der Waals surface area contributed by atoms with Gasteiger partial charge in [-0.05, 0) is 54.4 Å². The molecule has 1 N–H and O–H groups in total. The van der Waals surface area contributed by atoms with Crippen LogP contribution < -0.4 is 10.1 Å². The number of rotatable bonds is 5. The molecule has 1 amide bonds. The molecule has 0 aliphatic carbocycles. The predicted octanol–water partition coefficient (Wildman–Crippen LogP) is 5.55. The summed E-state index contributed by atoms with van der Waals surface area (Å²) in [5, 5.41) is 3.10. The Bertz CT molecular complexity index is 898. The monoisotopic (exact) mass is 369 g/mol. The minimum absolute atomic E-state index is 0.347. The summed E-state index contributed by atoms with van der Waals surface area (Å²) in [6, 6.07) is 20.8. The van der Waals surface area contributed by atoms with E-state index in [1.165, 1.54) is 24.3 Å². The SMILES string of the molecule is C[C@@H](Oc1ccc(-c2ccccc2)cc1Cl)C(=O)Nc1ccc(F)cc1. The molecular formula is C21H17ClFNO2. The topological polar surface area (TPSA) is 38.3 Å². The second kappa shape index (κ2) is 8.02. The molecule has 26 heavy (non-hydrogen) atoms. The quantitative estimate of drug-likeness (QED) is 0.640. The average Bonchev–Trinajstić information content (AvgIpc) is 2.66. The maximum Gasteiger partial charge on any atom is 0.265 e. The lowest BCUT2D eigenvalue weighted by atomic mass is 10.1. The number of carbonyl (C=O) groups is 1. The fourth-order valence-corrected chi connectivity index (χ4v) is 2.65. The molecule has 0 aliphatic rings. The van der Waals surface area contributed by atoms with Crippen LogP contribution in [-0.2, 0) is 4.79 Å². The van der Waals surface area contributed by atoms with Crippen molar-refractivity contribution in [3.63, 3.8) is 0 Å². The first-order chi connectivity index (χ1) is 12.5. The molecule has 0 unspecified atom stereocenters. The Labute approximate surface area is 156 Å². The number of carbonyl (C=O) groups excluding carboxylic acids is 1. The summed E-state index contributed by atoms with van der Waals surface area (Å²) >= 11 is 6.31. The lowest BCUT2D eigenvalue weighted by molar-refractivity contribution is -0.122. The molecule has 3 nitrogen and oxygen atoms in total. The second-order valence-corrected chi connectivity index (χ2v) is 6.17. The van der Waals surface area contributed by atoms with Crippen LogP contribution >= 0.6 is 11.6 Å². The Morgan fingerprint density at radius 3 is 2.35 bits per heavy atom. The molecular weight excluding hydrogens is 353 g/mol. The van der Waals surface area contributed by atoms with Crippen LogP contribution in [0.5, 0.6) is 5.75 Å². The smallest absolute Gasteiger partial charge is 0.265 e. The summed E-state index contributed by atoms with van der Waals surface area (Å²) in [5.74, 6) is -0.287. The zero-order chi connectivity index (χ0) is 18.5. The molecule has 0 saturated carbocycles. The summed E-state index contributed by atoms with van der Waals surface area (Å²) in [6.07, 6.45) is -0.764. The van der Waals surface area contributed by atoms with Crippen LogP contribution in [0.2, 0.25) is 5.02 Å². The average molecular weight is 370 g/mol. The fraction of sp³-hybridized carbons (Fsp3) is 0.0952. The third-order valence-electron chi connectivity index (χ3n) is 3.82. The van der Waals surface area contributed by atoms with Gasteiger partial charge in [0, 0.05) is 5.69 Å². The summed E-state index contributed by atoms with van der Waals surface area (Å²) < 4.78 is 18.6. The maximum atomic E-state index is 12.9. The van der Waals surface area contributed by atoms with Gasteiger partial charge >= 0.3 is 0 Å². The fourth-order valence-electron chi connectivity index (χ4n) is 2.43. The van der Waals surface area contributed by atoms with Gasteiger partial charge in [0.2, 0.25) is 0 Å². The van der Waals surface area contributed by atoms with Crippen molar-refractivity contribution >= 4 is 23.2 Å². The van der Waals surface area contributed by atoms with E-state index in [4.69, 9.17) is 16.3 Å². The minimum atomic E-state index is -0.764. The van der Waals surface area contributed by atoms with E-state index in [1.54, 1.807) is 19.1 Å². The third-order valence-corrected chi connectivity index (χ3v) is 4.12. The van der Waals surface area contributed by atoms with E-state index in [9.17, 15) is 9.18 Å². The highest BCUT2D eigenvalue weighted by Crippen LogP contribution is 2.31. The highest BCUT2D eigenvalue weighted by molar-refractivity contribution is 6.32. The van der Waals surface area contributed by atoms with Gasteiger partial charge in [-0.3, -0.25) is 4.79 Å². The number of ether oxygens (including phenoxy) is 1. The number of nitrogens with one attached hydrogen (secondary N) is 1. The summed E-state index contributed by atoms with van der Waals surface area (Å²) in [7, 11) is 0. The van der Waals surface area contributed by atoms with E-state index in [-0.39, 0.29) is 11.7 Å². The van der Waals surface area contributed by atoms with Gasteiger partial charge in [0.05, 0.1) is 5.02 Å². The van der Waals surface area contributed by atoms with Gasteiger partial charge < -0.3 is 10.1 Å². The Balaban J connectivity index is 1.68. The van der Waals surface area contributed by atoms with Gasteiger partial charge in [-0.25, -0.2) is 4.39 Å². The van der Waals surface area contributed by atoms with Gasteiger partial charge in [0.25, 0.3) is 5.91 Å². The number of hydrogen-bond donors (Lipinski definition) is 1. The van der Waals surface area contributed by atoms with Crippen LogP contribution in [0.4, 0.5) is 10.1 Å². The Morgan fingerprint density at radius 1 is 1.00 bits per heavy atom. The lowest BCUT2D eigenvalue weighted by Crippen LogP contribution is -2.30. The van der Waals surface area contributed by atoms with Crippen molar-refractivity contribution in [1.29, 1.82) is 0 Å². The largest absolute Gasteiger partial charge is 0.479 e. The van der Waals surface area contributed by atoms with E-state index in [2.05, 4.69) is 5.32 Å². The normalized spacial score (nSPS) is 11.7. The first-order valence-electron chi connectivity index (χ1n) is 8.11. The Morgan fingerprint density at radius 2 is 1.69 bits per heavy atom. The van der Waals surface area contributed by atoms with Gasteiger partial charge in [0.1, 0.15) is 11.6 Å². The Kier molecular flexibility index (Phi) is 5.54. The molecule has 0 radical (unpaired) electrons. The Hall–Kier alpha value is -2.85. The summed E-state index contributed by atoms with van der Waals surface area (Å²) in [5.41, 5.74) is 2.51. The van der Waals surface area contributed by atoms with Crippen molar-refractivity contribution in [1.82, 2.24) is 0 Å². The molecule has 0 aromatic heterocycles. The minimum Gasteiger partial charge on any atom is -0.479 e. The first kappa shape index (κ1) is 18.0. The molecule has 3 rings (SSSR count). The number of anilines is 1. The number of halogens is 2. The summed E-state index contributed by atoms with van der Waals surface area (Å²) in [4.78, 5) is 12.2. The molecule has 0 saturated heterocycles.